The molecule has 1 aromatic carbocycles. The average Bonchev–Trinajstić information content (AvgIpc) is 3.99. The summed E-state index contributed by atoms with van der Waals surface area (Å²) in [5.74, 6) is -4.35. The van der Waals surface area contributed by atoms with Gasteiger partial charge in [-0.05, 0) is 70.6 Å². The molecule has 0 aromatic heterocycles. The molecule has 1 aromatic rings. The van der Waals surface area contributed by atoms with Gasteiger partial charge >= 0.3 is 12.2 Å². The van der Waals surface area contributed by atoms with Crippen molar-refractivity contribution in [2.45, 2.75) is 107 Å². The van der Waals surface area contributed by atoms with Crippen molar-refractivity contribution in [2.24, 2.45) is 5.92 Å². The molecule has 3 aliphatic heterocycles. The summed E-state index contributed by atoms with van der Waals surface area (Å²) in [4.78, 5) is 85.8. The van der Waals surface area contributed by atoms with Crippen LogP contribution < -0.4 is 10.6 Å². The molecule has 6 rings (SSSR count). The molecule has 2 N–H and O–H groups in total. The molecule has 0 spiro atoms. The standard InChI is InChI=1S/C38H48FN5O10S/c1-5-32(46)42-15-7-10-24-18-38(24,31(45)22-55(51,52)26-13-14-26)41-33(47)30-17-25(53-36(50)43-19-23-9-6-11-28(39)27(23)21-43)20-44(30)34(48)29(12-8-16-42)40-35(49)54-37(2,3)4/h5-7,9-11,24-26,29-30H,1,8,12-22H2,2-4H3,(H,40,49)(H,41,47)/b10-7-/t24-,25-,29+,30+,38-/m1/s1. The van der Waals surface area contributed by atoms with Gasteiger partial charge < -0.3 is 29.9 Å². The molecule has 0 radical (unpaired) electrons. The van der Waals surface area contributed by atoms with Gasteiger partial charge in [0.2, 0.25) is 17.7 Å². The highest BCUT2D eigenvalue weighted by Crippen LogP contribution is 2.47. The van der Waals surface area contributed by atoms with Gasteiger partial charge in [0.05, 0.1) is 18.3 Å². The number of halogens is 1. The lowest BCUT2D eigenvalue weighted by molar-refractivity contribution is -0.141. The van der Waals surface area contributed by atoms with Gasteiger partial charge in [-0.2, -0.15) is 0 Å². The number of nitrogens with one attached hydrogen (secondary N) is 2. The topological polar surface area (TPSA) is 189 Å². The van der Waals surface area contributed by atoms with E-state index in [0.29, 0.717) is 24.0 Å². The Labute approximate surface area is 319 Å². The van der Waals surface area contributed by atoms with E-state index in [1.165, 1.54) is 20.8 Å². The molecule has 15 nitrogen and oxygen atoms in total. The molecule has 3 heterocycles. The van der Waals surface area contributed by atoms with Crippen molar-refractivity contribution >= 4 is 45.5 Å². The van der Waals surface area contributed by atoms with E-state index in [2.05, 4.69) is 17.2 Å². The number of carbonyl (C=O) groups excluding carboxylic acids is 6. The molecule has 5 atom stereocenters. The SMILES string of the molecule is C=CC(=O)N1C/C=C\[C@@H]2C[C@@]2(C(=O)CS(=O)(=O)C2CC2)NC(=O)[C@@H]2C[C@@H](OC(=O)N3Cc4cccc(F)c4C3)CN2C(=O)[C@@H](NC(=O)OC(C)(C)C)CCC1. The normalized spacial score (nSPS) is 27.7. The quantitative estimate of drug-likeness (QED) is 0.307. The molecule has 3 fully saturated rings. The molecule has 5 amide bonds. The first kappa shape index (κ1) is 39.9. The summed E-state index contributed by atoms with van der Waals surface area (Å²) in [6, 6.07) is 2.02. The summed E-state index contributed by atoms with van der Waals surface area (Å²) in [6.45, 7) is 8.61. The fourth-order valence-corrected chi connectivity index (χ4v) is 9.20. The summed E-state index contributed by atoms with van der Waals surface area (Å²) in [6.07, 6.45) is 2.91. The minimum absolute atomic E-state index is 0.0275. The highest BCUT2D eigenvalue weighted by Gasteiger charge is 2.61. The van der Waals surface area contributed by atoms with Gasteiger partial charge in [-0.1, -0.05) is 30.9 Å². The Balaban J connectivity index is 1.29. The van der Waals surface area contributed by atoms with Crippen LogP contribution >= 0.6 is 0 Å². The Morgan fingerprint density at radius 2 is 1.85 bits per heavy atom. The van der Waals surface area contributed by atoms with Crippen LogP contribution in [0.4, 0.5) is 14.0 Å². The van der Waals surface area contributed by atoms with E-state index in [1.807, 2.05) is 0 Å². The number of rotatable bonds is 7. The fraction of sp³-hybridized carbons (Fsp3) is 0.579. The lowest BCUT2D eigenvalue weighted by atomic mass is 10.1. The second-order valence-electron chi connectivity index (χ2n) is 15.9. The van der Waals surface area contributed by atoms with Gasteiger partial charge in [0.1, 0.15) is 40.9 Å². The third kappa shape index (κ3) is 9.03. The second kappa shape index (κ2) is 15.4. The van der Waals surface area contributed by atoms with Crippen molar-refractivity contribution in [1.82, 2.24) is 25.3 Å². The largest absolute Gasteiger partial charge is 0.444 e. The zero-order chi connectivity index (χ0) is 39.9. The van der Waals surface area contributed by atoms with Gasteiger partial charge in [-0.15, -0.1) is 0 Å². The van der Waals surface area contributed by atoms with Crippen molar-refractivity contribution in [2.75, 3.05) is 25.4 Å². The molecular formula is C38H48FN5O10S. The van der Waals surface area contributed by atoms with Gasteiger partial charge in [0, 0.05) is 37.5 Å². The number of hydrogen-bond donors (Lipinski definition) is 2. The number of amides is 5. The fourth-order valence-electron chi connectivity index (χ4n) is 7.48. The highest BCUT2D eigenvalue weighted by molar-refractivity contribution is 7.93. The first-order valence-corrected chi connectivity index (χ1v) is 20.3. The minimum atomic E-state index is -3.76. The Morgan fingerprint density at radius 1 is 1.11 bits per heavy atom. The van der Waals surface area contributed by atoms with Crippen LogP contribution in [0.5, 0.6) is 0 Å². The van der Waals surface area contributed by atoms with E-state index >= 15 is 0 Å². The molecule has 0 unspecified atom stereocenters. The number of ether oxygens (including phenoxy) is 2. The van der Waals surface area contributed by atoms with E-state index in [9.17, 15) is 41.6 Å². The third-order valence-corrected chi connectivity index (χ3v) is 12.8. The molecule has 5 aliphatic rings. The minimum Gasteiger partial charge on any atom is -0.444 e. The molecule has 2 aliphatic carbocycles. The maximum atomic E-state index is 14.5. The lowest BCUT2D eigenvalue weighted by Gasteiger charge is -2.30. The van der Waals surface area contributed by atoms with Crippen LogP contribution in [-0.2, 0) is 51.6 Å². The summed E-state index contributed by atoms with van der Waals surface area (Å²) < 4.78 is 51.6. The number of nitrogens with zero attached hydrogens (tertiary/aromatic N) is 3. The molecular weight excluding hydrogens is 738 g/mol. The average molecular weight is 786 g/mol. The maximum Gasteiger partial charge on any atom is 0.410 e. The van der Waals surface area contributed by atoms with Crippen LogP contribution in [-0.4, -0.2) is 119 Å². The number of carbonyl (C=O) groups is 6. The number of alkyl carbamates (subject to hydrolysis) is 1. The third-order valence-electron chi connectivity index (χ3n) is 10.6. The number of sulfone groups is 1. The molecule has 1 saturated heterocycles. The van der Waals surface area contributed by atoms with Crippen LogP contribution in [0.3, 0.4) is 0 Å². The number of ketones is 1. The molecule has 0 bridgehead atoms. The van der Waals surface area contributed by atoms with Crippen LogP contribution in [0.2, 0.25) is 0 Å². The molecule has 2 saturated carbocycles. The van der Waals surface area contributed by atoms with Gasteiger partial charge in [-0.25, -0.2) is 22.4 Å². The molecule has 55 heavy (non-hydrogen) atoms. The molecule has 298 valence electrons. The number of hydrogen-bond acceptors (Lipinski definition) is 10. The predicted molar refractivity (Wildman–Crippen MR) is 195 cm³/mol. The molecule has 17 heteroatoms. The lowest BCUT2D eigenvalue weighted by Crippen LogP contribution is -2.57. The zero-order valence-corrected chi connectivity index (χ0v) is 32.1. The summed E-state index contributed by atoms with van der Waals surface area (Å²) >= 11 is 0. The summed E-state index contributed by atoms with van der Waals surface area (Å²) in [5, 5.41) is 4.79. The number of fused-ring (bicyclic) bond motifs is 3. The Kier molecular flexibility index (Phi) is 11.2. The Morgan fingerprint density at radius 3 is 2.53 bits per heavy atom. The smallest absolute Gasteiger partial charge is 0.410 e. The van der Waals surface area contributed by atoms with Crippen LogP contribution in [0.1, 0.15) is 70.4 Å². The van der Waals surface area contributed by atoms with Crippen molar-refractivity contribution in [1.29, 1.82) is 0 Å². The first-order chi connectivity index (χ1) is 25.9. The van der Waals surface area contributed by atoms with E-state index in [-0.39, 0.29) is 58.4 Å². The van der Waals surface area contributed by atoms with E-state index in [4.69, 9.17) is 9.47 Å². The second-order valence-corrected chi connectivity index (χ2v) is 18.2. The Bertz CT molecular complexity index is 1910. The van der Waals surface area contributed by atoms with Crippen molar-refractivity contribution in [3.05, 3.63) is 60.0 Å². The highest BCUT2D eigenvalue weighted by atomic mass is 32.2. The van der Waals surface area contributed by atoms with Crippen LogP contribution in [0.25, 0.3) is 0 Å². The monoisotopic (exact) mass is 785 g/mol. The number of benzene rings is 1. The van der Waals surface area contributed by atoms with E-state index < -0.39 is 97.6 Å². The van der Waals surface area contributed by atoms with Gasteiger partial charge in [-0.3, -0.25) is 24.1 Å². The zero-order valence-electron chi connectivity index (χ0n) is 31.3. The van der Waals surface area contributed by atoms with Gasteiger partial charge in [0.15, 0.2) is 15.6 Å². The van der Waals surface area contributed by atoms with Crippen molar-refractivity contribution < 1.29 is 51.0 Å². The van der Waals surface area contributed by atoms with Crippen LogP contribution in [0, 0.1) is 11.7 Å². The predicted octanol–water partition coefficient (Wildman–Crippen LogP) is 2.53. The Hall–Kier alpha value is -4.80. The van der Waals surface area contributed by atoms with Gasteiger partial charge in [0.25, 0.3) is 0 Å². The van der Waals surface area contributed by atoms with E-state index in [1.54, 1.807) is 45.1 Å². The first-order valence-electron chi connectivity index (χ1n) is 18.6. The van der Waals surface area contributed by atoms with Crippen molar-refractivity contribution in [3.63, 3.8) is 0 Å². The van der Waals surface area contributed by atoms with E-state index in [0.717, 1.165) is 6.08 Å². The maximum absolute atomic E-state index is 14.5. The summed E-state index contributed by atoms with van der Waals surface area (Å²) in [7, 11) is -3.76. The summed E-state index contributed by atoms with van der Waals surface area (Å²) in [5.41, 5.74) is -1.51. The van der Waals surface area contributed by atoms with Crippen molar-refractivity contribution in [3.8, 4) is 0 Å². The van der Waals surface area contributed by atoms with Crippen LogP contribution in [0.15, 0.2) is 43.0 Å². The number of Topliss-reactive ketones (excluding diaryl/α,β-unsaturated/α-hetero) is 1.